The highest BCUT2D eigenvalue weighted by Crippen LogP contribution is 2.22. The van der Waals surface area contributed by atoms with E-state index in [1.165, 1.54) is 32.1 Å². The zero-order valence-electron chi connectivity index (χ0n) is 9.79. The maximum Gasteiger partial charge on any atom is 0.254 e. The van der Waals surface area contributed by atoms with Crippen molar-refractivity contribution in [2.75, 3.05) is 6.54 Å². The van der Waals surface area contributed by atoms with Crippen LogP contribution in [0.5, 0.6) is 0 Å². The third kappa shape index (κ3) is 2.65. The number of hydrogen-bond donors (Lipinski definition) is 1. The van der Waals surface area contributed by atoms with Gasteiger partial charge >= 0.3 is 0 Å². The summed E-state index contributed by atoms with van der Waals surface area (Å²) in [5, 5.41) is 3.00. The molecular formula is C13H19NO2. The van der Waals surface area contributed by atoms with E-state index in [0.717, 1.165) is 6.54 Å². The van der Waals surface area contributed by atoms with Crippen LogP contribution < -0.4 is 5.32 Å². The number of aryl methyl sites for hydroxylation is 1. The molecule has 0 atom stereocenters. The smallest absolute Gasteiger partial charge is 0.254 e. The standard InChI is InChI=1S/C13H19NO2/c1-10-12(7-8-16-10)13(15)14-9-11-5-3-2-4-6-11/h7-8,11H,2-6,9H2,1H3,(H,14,15). The molecule has 16 heavy (non-hydrogen) atoms. The molecule has 0 radical (unpaired) electrons. The molecular weight excluding hydrogens is 202 g/mol. The number of carbonyl (C=O) groups is 1. The first kappa shape index (κ1) is 11.2. The van der Waals surface area contributed by atoms with Gasteiger partial charge < -0.3 is 9.73 Å². The second kappa shape index (κ2) is 5.19. The first-order valence-electron chi connectivity index (χ1n) is 6.09. The summed E-state index contributed by atoms with van der Waals surface area (Å²) >= 11 is 0. The van der Waals surface area contributed by atoms with Gasteiger partial charge in [-0.05, 0) is 31.7 Å². The molecule has 1 aromatic heterocycles. The Morgan fingerprint density at radius 2 is 2.19 bits per heavy atom. The van der Waals surface area contributed by atoms with Crippen LogP contribution >= 0.6 is 0 Å². The summed E-state index contributed by atoms with van der Waals surface area (Å²) in [7, 11) is 0. The van der Waals surface area contributed by atoms with E-state index < -0.39 is 0 Å². The Labute approximate surface area is 96.2 Å². The van der Waals surface area contributed by atoms with Crippen LogP contribution in [0, 0.1) is 12.8 Å². The van der Waals surface area contributed by atoms with Gasteiger partial charge in [-0.25, -0.2) is 0 Å². The minimum atomic E-state index is -0.00294. The molecule has 2 rings (SSSR count). The van der Waals surface area contributed by atoms with E-state index in [0.29, 0.717) is 17.2 Å². The van der Waals surface area contributed by atoms with Crippen molar-refractivity contribution in [2.45, 2.75) is 39.0 Å². The zero-order chi connectivity index (χ0) is 11.4. The Morgan fingerprint density at radius 1 is 1.44 bits per heavy atom. The van der Waals surface area contributed by atoms with Crippen LogP contribution in [-0.4, -0.2) is 12.5 Å². The van der Waals surface area contributed by atoms with Crippen molar-refractivity contribution in [2.24, 2.45) is 5.92 Å². The van der Waals surface area contributed by atoms with E-state index in [9.17, 15) is 4.79 Å². The van der Waals surface area contributed by atoms with Gasteiger partial charge in [0.15, 0.2) is 0 Å². The molecule has 1 fully saturated rings. The van der Waals surface area contributed by atoms with Gasteiger partial charge in [-0.15, -0.1) is 0 Å². The number of nitrogens with one attached hydrogen (secondary N) is 1. The minimum Gasteiger partial charge on any atom is -0.469 e. The molecule has 0 saturated heterocycles. The van der Waals surface area contributed by atoms with E-state index in [2.05, 4.69) is 5.32 Å². The average molecular weight is 221 g/mol. The monoisotopic (exact) mass is 221 g/mol. The number of rotatable bonds is 3. The Balaban J connectivity index is 1.81. The third-order valence-corrected chi connectivity index (χ3v) is 3.38. The molecule has 0 bridgehead atoms. The van der Waals surface area contributed by atoms with Crippen LogP contribution in [0.2, 0.25) is 0 Å². The largest absolute Gasteiger partial charge is 0.469 e. The predicted molar refractivity (Wildman–Crippen MR) is 62.4 cm³/mol. The average Bonchev–Trinajstić information content (AvgIpc) is 2.74. The molecule has 88 valence electrons. The lowest BCUT2D eigenvalue weighted by molar-refractivity contribution is 0.0942. The fraction of sp³-hybridized carbons (Fsp3) is 0.615. The van der Waals surface area contributed by atoms with E-state index in [1.807, 2.05) is 6.92 Å². The van der Waals surface area contributed by atoms with Gasteiger partial charge in [-0.2, -0.15) is 0 Å². The molecule has 1 aliphatic carbocycles. The van der Waals surface area contributed by atoms with Gasteiger partial charge in [-0.3, -0.25) is 4.79 Å². The van der Waals surface area contributed by atoms with Crippen LogP contribution in [0.3, 0.4) is 0 Å². The molecule has 3 heteroatoms. The van der Waals surface area contributed by atoms with Crippen LogP contribution in [0.4, 0.5) is 0 Å². The van der Waals surface area contributed by atoms with Crippen LogP contribution in [-0.2, 0) is 0 Å². The summed E-state index contributed by atoms with van der Waals surface area (Å²) in [6, 6.07) is 1.73. The highest BCUT2D eigenvalue weighted by Gasteiger charge is 2.16. The van der Waals surface area contributed by atoms with E-state index >= 15 is 0 Å². The van der Waals surface area contributed by atoms with Crippen molar-refractivity contribution < 1.29 is 9.21 Å². The first-order chi connectivity index (χ1) is 7.77. The second-order valence-corrected chi connectivity index (χ2v) is 4.60. The Bertz CT molecular complexity index is 351. The van der Waals surface area contributed by atoms with Crippen molar-refractivity contribution in [1.82, 2.24) is 5.32 Å². The molecule has 1 heterocycles. The van der Waals surface area contributed by atoms with Gasteiger partial charge in [-0.1, -0.05) is 19.3 Å². The maximum atomic E-state index is 11.8. The van der Waals surface area contributed by atoms with Crippen molar-refractivity contribution >= 4 is 5.91 Å². The van der Waals surface area contributed by atoms with Gasteiger partial charge in [0.1, 0.15) is 5.76 Å². The number of amides is 1. The third-order valence-electron chi connectivity index (χ3n) is 3.38. The van der Waals surface area contributed by atoms with Crippen molar-refractivity contribution in [3.8, 4) is 0 Å². The van der Waals surface area contributed by atoms with Gasteiger partial charge in [0, 0.05) is 6.54 Å². The molecule has 0 unspecified atom stereocenters. The van der Waals surface area contributed by atoms with E-state index in [1.54, 1.807) is 12.3 Å². The van der Waals surface area contributed by atoms with Crippen molar-refractivity contribution in [3.05, 3.63) is 23.7 Å². The fourth-order valence-corrected chi connectivity index (χ4v) is 2.34. The summed E-state index contributed by atoms with van der Waals surface area (Å²) < 4.78 is 5.12. The number of carbonyl (C=O) groups excluding carboxylic acids is 1. The normalized spacial score (nSPS) is 17.3. The fourth-order valence-electron chi connectivity index (χ4n) is 2.34. The Hall–Kier alpha value is -1.25. The van der Waals surface area contributed by atoms with Gasteiger partial charge in [0.2, 0.25) is 0 Å². The predicted octanol–water partition coefficient (Wildman–Crippen LogP) is 2.90. The summed E-state index contributed by atoms with van der Waals surface area (Å²) in [4.78, 5) is 11.8. The molecule has 1 amide bonds. The van der Waals surface area contributed by atoms with Crippen LogP contribution in [0.15, 0.2) is 16.7 Å². The lowest BCUT2D eigenvalue weighted by Gasteiger charge is -2.21. The lowest BCUT2D eigenvalue weighted by Crippen LogP contribution is -2.30. The quantitative estimate of drug-likeness (QED) is 0.852. The highest BCUT2D eigenvalue weighted by molar-refractivity contribution is 5.94. The number of hydrogen-bond acceptors (Lipinski definition) is 2. The highest BCUT2D eigenvalue weighted by atomic mass is 16.3. The summed E-state index contributed by atoms with van der Waals surface area (Å²) in [5.74, 6) is 1.36. The zero-order valence-corrected chi connectivity index (χ0v) is 9.79. The summed E-state index contributed by atoms with van der Waals surface area (Å²) in [5.41, 5.74) is 0.663. The first-order valence-corrected chi connectivity index (χ1v) is 6.09. The van der Waals surface area contributed by atoms with E-state index in [4.69, 9.17) is 4.42 Å². The van der Waals surface area contributed by atoms with Crippen molar-refractivity contribution in [3.63, 3.8) is 0 Å². The molecule has 1 aliphatic rings. The molecule has 1 N–H and O–H groups in total. The molecule has 1 saturated carbocycles. The maximum absolute atomic E-state index is 11.8. The number of furan rings is 1. The minimum absolute atomic E-state index is 0.00294. The van der Waals surface area contributed by atoms with Gasteiger partial charge in [0.25, 0.3) is 5.91 Å². The molecule has 0 aliphatic heterocycles. The Morgan fingerprint density at radius 3 is 2.81 bits per heavy atom. The molecule has 3 nitrogen and oxygen atoms in total. The molecule has 0 aromatic carbocycles. The van der Waals surface area contributed by atoms with Crippen molar-refractivity contribution in [1.29, 1.82) is 0 Å². The summed E-state index contributed by atoms with van der Waals surface area (Å²) in [6.07, 6.45) is 8.04. The van der Waals surface area contributed by atoms with Crippen LogP contribution in [0.1, 0.15) is 48.2 Å². The topological polar surface area (TPSA) is 42.2 Å². The molecule has 0 spiro atoms. The van der Waals surface area contributed by atoms with E-state index in [-0.39, 0.29) is 5.91 Å². The molecule has 1 aromatic rings. The summed E-state index contributed by atoms with van der Waals surface area (Å²) in [6.45, 7) is 2.62. The Kier molecular flexibility index (Phi) is 3.65. The van der Waals surface area contributed by atoms with Crippen LogP contribution in [0.25, 0.3) is 0 Å². The second-order valence-electron chi connectivity index (χ2n) is 4.60. The van der Waals surface area contributed by atoms with Gasteiger partial charge in [0.05, 0.1) is 11.8 Å². The SMILES string of the molecule is Cc1occc1C(=O)NCC1CCCCC1. The lowest BCUT2D eigenvalue weighted by atomic mass is 9.89.